The molecule has 168 valence electrons. The Morgan fingerprint density at radius 2 is 1.97 bits per heavy atom. The first-order valence-corrected chi connectivity index (χ1v) is 9.85. The van der Waals surface area contributed by atoms with E-state index in [1.807, 2.05) is 6.07 Å². The van der Waals surface area contributed by atoms with Gasteiger partial charge < -0.3 is 19.5 Å². The van der Waals surface area contributed by atoms with Crippen LogP contribution in [-0.2, 0) is 16.1 Å². The van der Waals surface area contributed by atoms with Crippen LogP contribution in [0.1, 0.15) is 28.4 Å². The third kappa shape index (κ3) is 6.04. The van der Waals surface area contributed by atoms with E-state index in [4.69, 9.17) is 14.7 Å². The van der Waals surface area contributed by atoms with Gasteiger partial charge in [0.05, 0.1) is 18.7 Å². The summed E-state index contributed by atoms with van der Waals surface area (Å²) in [7, 11) is 1.23. The predicted octanol–water partition coefficient (Wildman–Crippen LogP) is 3.75. The van der Waals surface area contributed by atoms with Crippen molar-refractivity contribution in [1.29, 1.82) is 5.26 Å². The molecule has 1 heterocycles. The van der Waals surface area contributed by atoms with Crippen molar-refractivity contribution in [2.45, 2.75) is 19.6 Å². The average molecular weight is 449 g/mol. The van der Waals surface area contributed by atoms with Crippen molar-refractivity contribution >= 4 is 11.9 Å². The average Bonchev–Trinajstić information content (AvgIpc) is 2.83. The smallest absolute Gasteiger partial charge is 0.346 e. The monoisotopic (exact) mass is 449 g/mol. The number of nitrogens with one attached hydrogen (secondary N) is 1. The van der Waals surface area contributed by atoms with Crippen LogP contribution >= 0.6 is 0 Å². The zero-order valence-corrected chi connectivity index (χ0v) is 17.9. The number of nitriles is 1. The molecule has 0 aliphatic carbocycles. The van der Waals surface area contributed by atoms with Crippen LogP contribution in [-0.4, -0.2) is 30.1 Å². The van der Waals surface area contributed by atoms with Crippen LogP contribution in [0.5, 0.6) is 17.4 Å². The molecular formula is C24H20FN3O5. The standard InChI is InChI=1S/C24H20FN3O5/c1-15(24(30)31-2)32-19-9-8-17(21(25)12-19)14-28-22(29)20-7-4-10-27-23(20)33-18-6-3-5-16(11-18)13-26/h3-12,15H,14H2,1-2H3,(H,28,29). The lowest BCUT2D eigenvalue weighted by atomic mass is 10.2. The zero-order valence-electron chi connectivity index (χ0n) is 17.9. The van der Waals surface area contributed by atoms with Gasteiger partial charge in [-0.05, 0) is 43.3 Å². The highest BCUT2D eigenvalue weighted by atomic mass is 19.1. The number of carbonyl (C=O) groups is 2. The fourth-order valence-electron chi connectivity index (χ4n) is 2.82. The van der Waals surface area contributed by atoms with Gasteiger partial charge in [-0.15, -0.1) is 0 Å². The first kappa shape index (κ1) is 23.2. The topological polar surface area (TPSA) is 111 Å². The number of benzene rings is 2. The summed E-state index contributed by atoms with van der Waals surface area (Å²) in [6, 6.07) is 15.6. The van der Waals surface area contributed by atoms with Gasteiger partial charge in [0.2, 0.25) is 5.88 Å². The quantitative estimate of drug-likeness (QED) is 0.522. The van der Waals surface area contributed by atoms with Crippen molar-refractivity contribution < 1.29 is 28.2 Å². The fourth-order valence-corrected chi connectivity index (χ4v) is 2.82. The lowest BCUT2D eigenvalue weighted by Gasteiger charge is -2.14. The van der Waals surface area contributed by atoms with Gasteiger partial charge >= 0.3 is 5.97 Å². The fraction of sp³-hybridized carbons (Fsp3) is 0.167. The molecule has 0 saturated heterocycles. The predicted molar refractivity (Wildman–Crippen MR) is 115 cm³/mol. The van der Waals surface area contributed by atoms with Gasteiger partial charge in [-0.25, -0.2) is 14.2 Å². The number of hydrogen-bond donors (Lipinski definition) is 1. The van der Waals surface area contributed by atoms with Crippen molar-refractivity contribution in [2.75, 3.05) is 7.11 Å². The highest BCUT2D eigenvalue weighted by Gasteiger charge is 2.17. The normalized spacial score (nSPS) is 11.1. The molecule has 0 fully saturated rings. The van der Waals surface area contributed by atoms with E-state index < -0.39 is 23.8 Å². The molecular weight excluding hydrogens is 429 g/mol. The maximum Gasteiger partial charge on any atom is 0.346 e. The molecule has 1 atom stereocenters. The number of carbonyl (C=O) groups excluding carboxylic acids is 2. The molecule has 8 nitrogen and oxygen atoms in total. The number of pyridine rings is 1. The first-order valence-electron chi connectivity index (χ1n) is 9.85. The Kier molecular flexibility index (Phi) is 7.55. The van der Waals surface area contributed by atoms with E-state index in [-0.39, 0.29) is 29.3 Å². The van der Waals surface area contributed by atoms with Crippen LogP contribution in [0.2, 0.25) is 0 Å². The molecule has 2 aromatic carbocycles. The second kappa shape index (κ2) is 10.7. The maximum atomic E-state index is 14.5. The van der Waals surface area contributed by atoms with Gasteiger partial charge in [-0.3, -0.25) is 4.79 Å². The largest absolute Gasteiger partial charge is 0.479 e. The molecule has 0 spiro atoms. The number of ether oxygens (including phenoxy) is 3. The molecule has 3 rings (SSSR count). The number of halogens is 1. The SMILES string of the molecule is COC(=O)C(C)Oc1ccc(CNC(=O)c2cccnc2Oc2cccc(C#N)c2)c(F)c1. The minimum Gasteiger partial charge on any atom is -0.479 e. The molecule has 3 aromatic rings. The van der Waals surface area contributed by atoms with Crippen molar-refractivity contribution in [3.63, 3.8) is 0 Å². The molecule has 0 aliphatic rings. The Morgan fingerprint density at radius 1 is 1.15 bits per heavy atom. The van der Waals surface area contributed by atoms with Crippen LogP contribution in [0.25, 0.3) is 0 Å². The molecule has 0 aliphatic heterocycles. The van der Waals surface area contributed by atoms with E-state index in [1.54, 1.807) is 24.3 Å². The van der Waals surface area contributed by atoms with E-state index in [0.29, 0.717) is 11.3 Å². The van der Waals surface area contributed by atoms with Crippen LogP contribution < -0.4 is 14.8 Å². The lowest BCUT2D eigenvalue weighted by Crippen LogP contribution is -2.25. The van der Waals surface area contributed by atoms with Gasteiger partial charge in [0.15, 0.2) is 6.10 Å². The van der Waals surface area contributed by atoms with E-state index in [0.717, 1.165) is 6.07 Å². The van der Waals surface area contributed by atoms with Crippen molar-refractivity contribution in [1.82, 2.24) is 10.3 Å². The Hall–Kier alpha value is -4.45. The number of esters is 1. The molecule has 1 aromatic heterocycles. The van der Waals surface area contributed by atoms with E-state index >= 15 is 0 Å². The lowest BCUT2D eigenvalue weighted by molar-refractivity contribution is -0.147. The second-order valence-corrected chi connectivity index (χ2v) is 6.82. The summed E-state index contributed by atoms with van der Waals surface area (Å²) in [5.41, 5.74) is 0.764. The van der Waals surface area contributed by atoms with Crippen molar-refractivity contribution in [3.05, 3.63) is 83.3 Å². The summed E-state index contributed by atoms with van der Waals surface area (Å²) in [5.74, 6) is -1.16. The second-order valence-electron chi connectivity index (χ2n) is 6.82. The van der Waals surface area contributed by atoms with Gasteiger partial charge in [0.1, 0.15) is 22.9 Å². The summed E-state index contributed by atoms with van der Waals surface area (Å²) >= 11 is 0. The summed E-state index contributed by atoms with van der Waals surface area (Å²) in [4.78, 5) is 28.2. The van der Waals surface area contributed by atoms with Crippen LogP contribution in [0.4, 0.5) is 4.39 Å². The molecule has 33 heavy (non-hydrogen) atoms. The number of rotatable bonds is 8. The number of amides is 1. The number of nitrogens with zero attached hydrogens (tertiary/aromatic N) is 2. The highest BCUT2D eigenvalue weighted by molar-refractivity contribution is 5.96. The van der Waals surface area contributed by atoms with Gasteiger partial charge in [0.25, 0.3) is 5.91 Å². The van der Waals surface area contributed by atoms with Crippen LogP contribution in [0, 0.1) is 17.1 Å². The third-order valence-corrected chi connectivity index (χ3v) is 4.50. The Labute approximate surface area is 189 Å². The van der Waals surface area contributed by atoms with E-state index in [9.17, 15) is 14.0 Å². The Bertz CT molecular complexity index is 1210. The van der Waals surface area contributed by atoms with Gasteiger partial charge in [-0.1, -0.05) is 12.1 Å². The van der Waals surface area contributed by atoms with Gasteiger partial charge in [0, 0.05) is 24.4 Å². The molecule has 1 N–H and O–H groups in total. The maximum absolute atomic E-state index is 14.5. The minimum absolute atomic E-state index is 0.0473. The van der Waals surface area contributed by atoms with Crippen molar-refractivity contribution in [3.8, 4) is 23.4 Å². The molecule has 0 radical (unpaired) electrons. The molecule has 1 unspecified atom stereocenters. The Morgan fingerprint density at radius 3 is 2.70 bits per heavy atom. The van der Waals surface area contributed by atoms with Crippen LogP contribution in [0.15, 0.2) is 60.8 Å². The van der Waals surface area contributed by atoms with Gasteiger partial charge in [-0.2, -0.15) is 5.26 Å². The summed E-state index contributed by atoms with van der Waals surface area (Å²) in [5, 5.41) is 11.6. The molecule has 9 heteroatoms. The molecule has 0 bridgehead atoms. The summed E-state index contributed by atoms with van der Waals surface area (Å²) < 4.78 is 30.1. The third-order valence-electron chi connectivity index (χ3n) is 4.50. The molecule has 0 saturated carbocycles. The minimum atomic E-state index is -0.891. The number of aromatic nitrogens is 1. The molecule has 1 amide bonds. The zero-order chi connectivity index (χ0) is 23.8. The number of methoxy groups -OCH3 is 1. The van der Waals surface area contributed by atoms with Crippen LogP contribution in [0.3, 0.4) is 0 Å². The number of hydrogen-bond acceptors (Lipinski definition) is 7. The summed E-state index contributed by atoms with van der Waals surface area (Å²) in [6.07, 6.45) is 0.575. The van der Waals surface area contributed by atoms with Crippen molar-refractivity contribution in [2.24, 2.45) is 0 Å². The highest BCUT2D eigenvalue weighted by Crippen LogP contribution is 2.24. The van der Waals surface area contributed by atoms with E-state index in [1.165, 1.54) is 44.5 Å². The first-order chi connectivity index (χ1) is 15.9. The Balaban J connectivity index is 1.68. The van der Waals surface area contributed by atoms with E-state index in [2.05, 4.69) is 15.0 Å². The summed E-state index contributed by atoms with van der Waals surface area (Å²) in [6.45, 7) is 1.39.